The Bertz CT molecular complexity index is 563. The highest BCUT2D eigenvalue weighted by Crippen LogP contribution is 2.13. The molecule has 2 rings (SSSR count). The fourth-order valence-corrected chi connectivity index (χ4v) is 2.92. The van der Waals surface area contributed by atoms with Crippen LogP contribution < -0.4 is 5.32 Å². The molecule has 24 heavy (non-hydrogen) atoms. The third-order valence-electron chi connectivity index (χ3n) is 4.39. The summed E-state index contributed by atoms with van der Waals surface area (Å²) in [5.41, 5.74) is 1.17. The number of likely N-dealkylation sites (tertiary alicyclic amines) is 1. The zero-order valence-corrected chi connectivity index (χ0v) is 14.3. The molecule has 0 saturated carbocycles. The quantitative estimate of drug-likeness (QED) is 0.832. The number of piperidine rings is 1. The molecule has 1 saturated heterocycles. The lowest BCUT2D eigenvalue weighted by Gasteiger charge is -2.32. The monoisotopic (exact) mass is 330 g/mol. The smallest absolute Gasteiger partial charge is 0.223 e. The molecule has 0 bridgehead atoms. The molecule has 1 aromatic rings. The van der Waals surface area contributed by atoms with Gasteiger partial charge in [-0.1, -0.05) is 30.3 Å². The summed E-state index contributed by atoms with van der Waals surface area (Å²) < 4.78 is 0. The fraction of sp³-hybridized carbons (Fsp3) is 0.526. The Hall–Kier alpha value is -2.17. The highest BCUT2D eigenvalue weighted by atomic mass is 16.2. The fourth-order valence-electron chi connectivity index (χ4n) is 2.92. The Morgan fingerprint density at radius 3 is 2.33 bits per heavy atom. The van der Waals surface area contributed by atoms with Crippen molar-refractivity contribution in [1.29, 1.82) is 0 Å². The first kappa shape index (κ1) is 18.2. The molecule has 1 N–H and O–H groups in total. The second kappa shape index (κ2) is 9.21. The molecule has 0 aliphatic carbocycles. The Labute approximate surface area is 143 Å². The third-order valence-corrected chi connectivity index (χ3v) is 4.39. The van der Waals surface area contributed by atoms with Gasteiger partial charge in [0.1, 0.15) is 5.78 Å². The van der Waals surface area contributed by atoms with E-state index >= 15 is 0 Å². The summed E-state index contributed by atoms with van der Waals surface area (Å²) >= 11 is 0. The molecule has 130 valence electrons. The number of nitrogens with one attached hydrogen (secondary N) is 1. The van der Waals surface area contributed by atoms with Crippen molar-refractivity contribution in [3.63, 3.8) is 0 Å². The van der Waals surface area contributed by atoms with E-state index in [0.29, 0.717) is 32.4 Å². The highest BCUT2D eigenvalue weighted by molar-refractivity contribution is 5.83. The van der Waals surface area contributed by atoms with Gasteiger partial charge in [-0.15, -0.1) is 0 Å². The molecule has 1 heterocycles. The van der Waals surface area contributed by atoms with Crippen molar-refractivity contribution in [3.8, 4) is 0 Å². The van der Waals surface area contributed by atoms with Crippen LogP contribution in [-0.4, -0.2) is 41.6 Å². The van der Waals surface area contributed by atoms with E-state index in [9.17, 15) is 14.4 Å². The van der Waals surface area contributed by atoms with Crippen LogP contribution in [0.5, 0.6) is 0 Å². The van der Waals surface area contributed by atoms with Gasteiger partial charge in [0.25, 0.3) is 0 Å². The van der Waals surface area contributed by atoms with Gasteiger partial charge < -0.3 is 15.0 Å². The van der Waals surface area contributed by atoms with Gasteiger partial charge in [0.15, 0.2) is 0 Å². The number of amides is 2. The maximum Gasteiger partial charge on any atom is 0.223 e. The van der Waals surface area contributed by atoms with Crippen LogP contribution in [0.3, 0.4) is 0 Å². The molecular weight excluding hydrogens is 304 g/mol. The number of aryl methyl sites for hydroxylation is 1. The van der Waals surface area contributed by atoms with Crippen molar-refractivity contribution in [2.24, 2.45) is 0 Å². The van der Waals surface area contributed by atoms with E-state index < -0.39 is 0 Å². The minimum absolute atomic E-state index is 0.0408. The molecule has 0 atom stereocenters. The molecule has 0 spiro atoms. The molecule has 0 aromatic heterocycles. The lowest BCUT2D eigenvalue weighted by Crippen LogP contribution is -2.46. The van der Waals surface area contributed by atoms with Gasteiger partial charge in [-0.25, -0.2) is 0 Å². The molecule has 1 aromatic carbocycles. The molecular formula is C19H26N2O3. The highest BCUT2D eigenvalue weighted by Gasteiger charge is 2.23. The maximum atomic E-state index is 12.0. The molecule has 1 aliphatic heterocycles. The minimum atomic E-state index is 0.0408. The van der Waals surface area contributed by atoms with Crippen molar-refractivity contribution in [2.75, 3.05) is 13.1 Å². The van der Waals surface area contributed by atoms with Crippen LogP contribution in [0.15, 0.2) is 30.3 Å². The molecule has 0 radical (unpaired) electrons. The predicted octanol–water partition coefficient (Wildman–Crippen LogP) is 2.10. The van der Waals surface area contributed by atoms with Crippen molar-refractivity contribution < 1.29 is 14.4 Å². The lowest BCUT2D eigenvalue weighted by molar-refractivity contribution is -0.134. The summed E-state index contributed by atoms with van der Waals surface area (Å²) in [5.74, 6) is 0.156. The van der Waals surface area contributed by atoms with Gasteiger partial charge in [0.05, 0.1) is 0 Å². The van der Waals surface area contributed by atoms with Crippen LogP contribution in [0.25, 0.3) is 0 Å². The number of ketones is 1. The number of hydrogen-bond acceptors (Lipinski definition) is 3. The number of nitrogens with zero attached hydrogens (tertiary/aromatic N) is 1. The number of carbonyl (C=O) groups excluding carboxylic acids is 3. The number of Topliss-reactive ketones (excluding diaryl/α,β-unsaturated/α-hetero) is 1. The van der Waals surface area contributed by atoms with Gasteiger partial charge in [-0.2, -0.15) is 0 Å². The first-order chi connectivity index (χ1) is 11.5. The average Bonchev–Trinajstić information content (AvgIpc) is 2.59. The van der Waals surface area contributed by atoms with E-state index in [-0.39, 0.29) is 23.6 Å². The van der Waals surface area contributed by atoms with Crippen molar-refractivity contribution >= 4 is 17.6 Å². The van der Waals surface area contributed by atoms with Crippen LogP contribution in [0, 0.1) is 0 Å². The second-order valence-corrected chi connectivity index (χ2v) is 6.41. The van der Waals surface area contributed by atoms with E-state index in [4.69, 9.17) is 0 Å². The van der Waals surface area contributed by atoms with Gasteiger partial charge in [-0.3, -0.25) is 9.59 Å². The number of rotatable bonds is 7. The summed E-state index contributed by atoms with van der Waals surface area (Å²) in [5, 5.41) is 3.07. The van der Waals surface area contributed by atoms with Crippen LogP contribution in [0.4, 0.5) is 0 Å². The summed E-state index contributed by atoms with van der Waals surface area (Å²) in [7, 11) is 0. The normalized spacial score (nSPS) is 15.1. The number of benzene rings is 1. The lowest BCUT2D eigenvalue weighted by atomic mass is 10.0. The van der Waals surface area contributed by atoms with Gasteiger partial charge in [0.2, 0.25) is 11.8 Å². The Balaban J connectivity index is 1.66. The van der Waals surface area contributed by atoms with E-state index in [2.05, 4.69) is 5.32 Å². The first-order valence-electron chi connectivity index (χ1n) is 8.65. The SMILES string of the molecule is CC(=O)CCC(=O)N1CCC(NC(=O)CCc2ccccc2)CC1. The van der Waals surface area contributed by atoms with E-state index in [0.717, 1.165) is 19.3 Å². The zero-order valence-electron chi connectivity index (χ0n) is 14.3. The van der Waals surface area contributed by atoms with Crippen LogP contribution in [-0.2, 0) is 20.8 Å². The molecule has 2 amide bonds. The van der Waals surface area contributed by atoms with E-state index in [1.54, 1.807) is 4.90 Å². The van der Waals surface area contributed by atoms with Crippen LogP contribution in [0.1, 0.15) is 44.6 Å². The Kier molecular flexibility index (Phi) is 6.97. The number of carbonyl (C=O) groups is 3. The standard InChI is InChI=1S/C19H26N2O3/c1-15(22)7-10-19(24)21-13-11-17(12-14-21)20-18(23)9-8-16-5-3-2-4-6-16/h2-6,17H,7-14H2,1H3,(H,20,23). The number of hydrogen-bond donors (Lipinski definition) is 1. The van der Waals surface area contributed by atoms with Gasteiger partial charge in [-0.05, 0) is 31.7 Å². The van der Waals surface area contributed by atoms with Crippen LogP contribution >= 0.6 is 0 Å². The van der Waals surface area contributed by atoms with Crippen molar-refractivity contribution in [3.05, 3.63) is 35.9 Å². The average molecular weight is 330 g/mol. The molecule has 0 unspecified atom stereocenters. The Morgan fingerprint density at radius 1 is 1.04 bits per heavy atom. The van der Waals surface area contributed by atoms with E-state index in [1.165, 1.54) is 12.5 Å². The molecule has 1 aliphatic rings. The Morgan fingerprint density at radius 2 is 1.71 bits per heavy atom. The summed E-state index contributed by atoms with van der Waals surface area (Å²) in [6.07, 6.45) is 3.40. The summed E-state index contributed by atoms with van der Waals surface area (Å²) in [6.45, 7) is 2.81. The second-order valence-electron chi connectivity index (χ2n) is 6.41. The van der Waals surface area contributed by atoms with Gasteiger partial charge >= 0.3 is 0 Å². The molecule has 5 nitrogen and oxygen atoms in total. The topological polar surface area (TPSA) is 66.5 Å². The van der Waals surface area contributed by atoms with Crippen LogP contribution in [0.2, 0.25) is 0 Å². The summed E-state index contributed by atoms with van der Waals surface area (Å²) in [4.78, 5) is 36.8. The zero-order chi connectivity index (χ0) is 17.4. The maximum absolute atomic E-state index is 12.0. The van der Waals surface area contributed by atoms with E-state index in [1.807, 2.05) is 30.3 Å². The minimum Gasteiger partial charge on any atom is -0.353 e. The summed E-state index contributed by atoms with van der Waals surface area (Å²) in [6, 6.07) is 10.1. The molecule has 1 fully saturated rings. The largest absolute Gasteiger partial charge is 0.353 e. The van der Waals surface area contributed by atoms with Crippen molar-refractivity contribution in [1.82, 2.24) is 10.2 Å². The van der Waals surface area contributed by atoms with Gasteiger partial charge in [0, 0.05) is 38.4 Å². The third kappa shape index (κ3) is 6.14. The predicted molar refractivity (Wildman–Crippen MR) is 92.4 cm³/mol. The van der Waals surface area contributed by atoms with Crippen molar-refractivity contribution in [2.45, 2.75) is 51.5 Å². The first-order valence-corrected chi connectivity index (χ1v) is 8.65. The molecule has 5 heteroatoms.